The number of nitrogens with zero attached hydrogens (tertiary/aromatic N) is 3. The molecule has 0 spiro atoms. The van der Waals surface area contributed by atoms with Crippen LogP contribution in [0.4, 0.5) is 0 Å². The molecule has 0 radical (unpaired) electrons. The summed E-state index contributed by atoms with van der Waals surface area (Å²) in [5.74, 6) is 0.912. The van der Waals surface area contributed by atoms with E-state index < -0.39 is 0 Å². The third-order valence-electron chi connectivity index (χ3n) is 4.48. The molecule has 0 fully saturated rings. The Morgan fingerprint density at radius 2 is 1.68 bits per heavy atom. The smallest absolute Gasteiger partial charge is 0.132 e. The Balaban J connectivity index is 2.01. The van der Waals surface area contributed by atoms with Gasteiger partial charge in [-0.15, -0.1) is 0 Å². The van der Waals surface area contributed by atoms with Gasteiger partial charge < -0.3 is 10.2 Å². The Kier molecular flexibility index (Phi) is 8.92. The second-order valence-electron chi connectivity index (χ2n) is 7.59. The minimum Gasteiger partial charge on any atom is -0.343 e. The Bertz CT molecular complexity index is 765. The van der Waals surface area contributed by atoms with Crippen LogP contribution in [0.2, 0.25) is 0 Å². The molecule has 0 saturated carbocycles. The standard InChI is InChI=1S/C24H34N4/c1-20-12-9-10-15-23(20)24(25-16-11-17-27(3)4)26-21(2)18-28(5)19-22-13-7-6-8-14-22/h6-10,12-15H,2,11,16-19H2,1,3-5H3,(H,25,26). The molecule has 1 N–H and O–H groups in total. The highest BCUT2D eigenvalue weighted by atomic mass is 15.1. The first-order valence-electron chi connectivity index (χ1n) is 9.88. The Morgan fingerprint density at radius 1 is 1.00 bits per heavy atom. The predicted molar refractivity (Wildman–Crippen MR) is 121 cm³/mol. The van der Waals surface area contributed by atoms with Gasteiger partial charge in [0.2, 0.25) is 0 Å². The molecule has 0 aliphatic heterocycles. The first-order chi connectivity index (χ1) is 13.5. The van der Waals surface area contributed by atoms with Crippen LogP contribution in [-0.2, 0) is 6.54 Å². The zero-order chi connectivity index (χ0) is 20.4. The quantitative estimate of drug-likeness (QED) is 0.386. The van der Waals surface area contributed by atoms with Crippen molar-refractivity contribution in [2.45, 2.75) is 19.9 Å². The van der Waals surface area contributed by atoms with Crippen molar-refractivity contribution in [1.29, 1.82) is 0 Å². The first-order valence-corrected chi connectivity index (χ1v) is 9.88. The molecule has 0 aliphatic carbocycles. The maximum Gasteiger partial charge on any atom is 0.132 e. The van der Waals surface area contributed by atoms with Crippen LogP contribution in [0.5, 0.6) is 0 Å². The molecule has 0 aromatic heterocycles. The molecule has 2 aromatic rings. The fourth-order valence-corrected chi connectivity index (χ4v) is 3.09. The number of hydrogen-bond donors (Lipinski definition) is 1. The van der Waals surface area contributed by atoms with E-state index in [0.29, 0.717) is 0 Å². The lowest BCUT2D eigenvalue weighted by Gasteiger charge is -2.21. The monoisotopic (exact) mass is 378 g/mol. The summed E-state index contributed by atoms with van der Waals surface area (Å²) in [5, 5.41) is 3.48. The minimum atomic E-state index is 0.761. The van der Waals surface area contributed by atoms with E-state index in [4.69, 9.17) is 4.99 Å². The number of hydrogen-bond acceptors (Lipinski definition) is 3. The van der Waals surface area contributed by atoms with Crippen LogP contribution in [0.25, 0.3) is 0 Å². The average Bonchev–Trinajstić information content (AvgIpc) is 2.65. The summed E-state index contributed by atoms with van der Waals surface area (Å²) >= 11 is 0. The van der Waals surface area contributed by atoms with Gasteiger partial charge in [-0.2, -0.15) is 0 Å². The molecule has 4 nitrogen and oxygen atoms in total. The van der Waals surface area contributed by atoms with Crippen LogP contribution in [0.1, 0.15) is 23.1 Å². The van der Waals surface area contributed by atoms with Gasteiger partial charge in [-0.1, -0.05) is 61.2 Å². The van der Waals surface area contributed by atoms with Gasteiger partial charge in [-0.05, 0) is 52.2 Å². The molecule has 2 aromatic carbocycles. The van der Waals surface area contributed by atoms with E-state index in [-0.39, 0.29) is 0 Å². The summed E-state index contributed by atoms with van der Waals surface area (Å²) in [4.78, 5) is 9.30. The van der Waals surface area contributed by atoms with Crippen LogP contribution in [-0.4, -0.2) is 56.4 Å². The van der Waals surface area contributed by atoms with E-state index in [1.807, 2.05) is 6.07 Å². The summed E-state index contributed by atoms with van der Waals surface area (Å²) in [6.07, 6.45) is 1.03. The largest absolute Gasteiger partial charge is 0.343 e. The maximum atomic E-state index is 4.86. The molecule has 0 atom stereocenters. The van der Waals surface area contributed by atoms with Gasteiger partial charge in [-0.25, -0.2) is 0 Å². The van der Waals surface area contributed by atoms with E-state index >= 15 is 0 Å². The highest BCUT2D eigenvalue weighted by Crippen LogP contribution is 2.10. The average molecular weight is 379 g/mol. The van der Waals surface area contributed by atoms with Crippen molar-refractivity contribution >= 4 is 5.84 Å². The van der Waals surface area contributed by atoms with Gasteiger partial charge in [0.25, 0.3) is 0 Å². The molecule has 0 bridgehead atoms. The van der Waals surface area contributed by atoms with Crippen LogP contribution in [0.15, 0.2) is 71.9 Å². The molecule has 150 valence electrons. The summed E-state index contributed by atoms with van der Waals surface area (Å²) < 4.78 is 0. The Hall–Kier alpha value is -2.43. The van der Waals surface area contributed by atoms with Crippen molar-refractivity contribution < 1.29 is 0 Å². The van der Waals surface area contributed by atoms with Crippen molar-refractivity contribution in [3.8, 4) is 0 Å². The van der Waals surface area contributed by atoms with E-state index in [0.717, 1.165) is 49.7 Å². The van der Waals surface area contributed by atoms with Crippen molar-refractivity contribution in [2.75, 3.05) is 40.8 Å². The molecule has 0 heterocycles. The van der Waals surface area contributed by atoms with Gasteiger partial charge in [0.1, 0.15) is 5.84 Å². The van der Waals surface area contributed by atoms with Gasteiger partial charge >= 0.3 is 0 Å². The Morgan fingerprint density at radius 3 is 2.36 bits per heavy atom. The second kappa shape index (κ2) is 11.4. The summed E-state index contributed by atoms with van der Waals surface area (Å²) in [5.41, 5.74) is 4.60. The van der Waals surface area contributed by atoms with E-state index in [9.17, 15) is 0 Å². The molecule has 0 saturated heterocycles. The normalized spacial score (nSPS) is 11.9. The molecule has 0 amide bonds. The Labute approximate surface area is 170 Å². The lowest BCUT2D eigenvalue weighted by molar-refractivity contribution is 0.351. The molecule has 2 rings (SSSR count). The number of rotatable bonds is 10. The van der Waals surface area contributed by atoms with Crippen molar-refractivity contribution in [1.82, 2.24) is 15.1 Å². The van der Waals surface area contributed by atoms with Crippen LogP contribution in [0, 0.1) is 6.92 Å². The van der Waals surface area contributed by atoms with Crippen LogP contribution >= 0.6 is 0 Å². The zero-order valence-electron chi connectivity index (χ0n) is 17.8. The van der Waals surface area contributed by atoms with Gasteiger partial charge in [0, 0.05) is 30.9 Å². The number of benzene rings is 2. The van der Waals surface area contributed by atoms with Crippen LogP contribution < -0.4 is 5.32 Å². The molecule has 4 heteroatoms. The molecule has 0 unspecified atom stereocenters. The highest BCUT2D eigenvalue weighted by Gasteiger charge is 2.09. The van der Waals surface area contributed by atoms with E-state index in [1.54, 1.807) is 0 Å². The van der Waals surface area contributed by atoms with Gasteiger partial charge in [0.05, 0.1) is 0 Å². The minimum absolute atomic E-state index is 0.761. The number of likely N-dealkylation sites (N-methyl/N-ethyl adjacent to an activating group) is 1. The van der Waals surface area contributed by atoms with Gasteiger partial charge in [-0.3, -0.25) is 9.89 Å². The number of aliphatic imine (C=N–C) groups is 1. The van der Waals surface area contributed by atoms with Crippen LogP contribution in [0.3, 0.4) is 0 Å². The second-order valence-corrected chi connectivity index (χ2v) is 7.59. The fourth-order valence-electron chi connectivity index (χ4n) is 3.09. The number of nitrogens with one attached hydrogen (secondary N) is 1. The molecule has 0 aliphatic rings. The zero-order valence-corrected chi connectivity index (χ0v) is 17.8. The van der Waals surface area contributed by atoms with E-state index in [2.05, 4.69) is 98.3 Å². The highest BCUT2D eigenvalue weighted by molar-refractivity contribution is 6.01. The lowest BCUT2D eigenvalue weighted by Crippen LogP contribution is -2.31. The summed E-state index contributed by atoms with van der Waals surface area (Å²) in [6, 6.07) is 18.9. The van der Waals surface area contributed by atoms with Crippen molar-refractivity contribution in [2.24, 2.45) is 4.99 Å². The van der Waals surface area contributed by atoms with Gasteiger partial charge in [0.15, 0.2) is 0 Å². The summed E-state index contributed by atoms with van der Waals surface area (Å²) in [6.45, 7) is 9.85. The topological polar surface area (TPSA) is 30.9 Å². The number of amidine groups is 1. The lowest BCUT2D eigenvalue weighted by atomic mass is 10.1. The molecular formula is C24H34N4. The van der Waals surface area contributed by atoms with E-state index in [1.165, 1.54) is 11.1 Å². The summed E-state index contributed by atoms with van der Waals surface area (Å²) in [7, 11) is 6.30. The molecular weight excluding hydrogens is 344 g/mol. The fraction of sp³-hybridized carbons (Fsp3) is 0.375. The molecule has 28 heavy (non-hydrogen) atoms. The van der Waals surface area contributed by atoms with Crippen molar-refractivity contribution in [3.63, 3.8) is 0 Å². The number of aryl methyl sites for hydroxylation is 1. The maximum absolute atomic E-state index is 4.86. The third-order valence-corrected chi connectivity index (χ3v) is 4.48. The first kappa shape index (κ1) is 21.9. The third kappa shape index (κ3) is 7.67. The van der Waals surface area contributed by atoms with Crippen molar-refractivity contribution in [3.05, 3.63) is 83.6 Å². The SMILES string of the molecule is C=C(CN(C)Cc1ccccc1)NC(=NCCCN(C)C)c1ccccc1C. The predicted octanol–water partition coefficient (Wildman–Crippen LogP) is 3.93.